The Morgan fingerprint density at radius 3 is 2.82 bits per heavy atom. The Morgan fingerprint density at radius 1 is 1.41 bits per heavy atom. The molecule has 0 fully saturated rings. The number of nitrogens with zero attached hydrogens (tertiary/aromatic N) is 1. The van der Waals surface area contributed by atoms with E-state index in [9.17, 15) is 9.18 Å². The van der Waals surface area contributed by atoms with Crippen LogP contribution in [0.25, 0.3) is 0 Å². The maximum absolute atomic E-state index is 13.5. The molecule has 5 heteroatoms. The van der Waals surface area contributed by atoms with Gasteiger partial charge in [-0.3, -0.25) is 0 Å². The lowest BCUT2D eigenvalue weighted by atomic mass is 10.2. The van der Waals surface area contributed by atoms with Crippen molar-refractivity contribution < 1.29 is 14.3 Å². The summed E-state index contributed by atoms with van der Waals surface area (Å²) in [6, 6.07) is 6.16. The lowest BCUT2D eigenvalue weighted by Gasteiger charge is -2.05. The molecule has 1 heterocycles. The van der Waals surface area contributed by atoms with Gasteiger partial charge in [0, 0.05) is 29.0 Å². The number of carboxylic acid groups (broad SMARTS) is 1. The van der Waals surface area contributed by atoms with E-state index >= 15 is 0 Å². The van der Waals surface area contributed by atoms with Gasteiger partial charge in [0.05, 0.1) is 5.56 Å². The van der Waals surface area contributed by atoms with Crippen LogP contribution in [0.1, 0.15) is 15.9 Å². The molecule has 0 radical (unpaired) electrons. The van der Waals surface area contributed by atoms with Crippen LogP contribution in [-0.2, 0) is 6.54 Å². The van der Waals surface area contributed by atoms with Crippen LogP contribution >= 0.6 is 15.9 Å². The minimum absolute atomic E-state index is 0.195. The first-order valence-electron chi connectivity index (χ1n) is 4.89. The number of aromatic nitrogens is 1. The second kappa shape index (κ2) is 4.71. The zero-order valence-corrected chi connectivity index (χ0v) is 10.3. The molecule has 0 bridgehead atoms. The Labute approximate surface area is 106 Å². The normalized spacial score (nSPS) is 10.5. The molecule has 1 aromatic carbocycles. The number of carboxylic acids is 1. The molecule has 0 aliphatic heterocycles. The summed E-state index contributed by atoms with van der Waals surface area (Å²) < 4.78 is 15.9. The first-order chi connectivity index (χ1) is 8.06. The third kappa shape index (κ3) is 2.74. The van der Waals surface area contributed by atoms with Crippen LogP contribution in [-0.4, -0.2) is 15.6 Å². The van der Waals surface area contributed by atoms with Gasteiger partial charge in [-0.1, -0.05) is 15.9 Å². The second-order valence-electron chi connectivity index (χ2n) is 3.61. The van der Waals surface area contributed by atoms with Gasteiger partial charge < -0.3 is 9.67 Å². The van der Waals surface area contributed by atoms with Crippen LogP contribution in [0, 0.1) is 5.82 Å². The molecule has 3 nitrogen and oxygen atoms in total. The lowest BCUT2D eigenvalue weighted by molar-refractivity contribution is 0.0697. The van der Waals surface area contributed by atoms with Crippen molar-refractivity contribution in [2.45, 2.75) is 6.54 Å². The average molecular weight is 298 g/mol. The summed E-state index contributed by atoms with van der Waals surface area (Å²) in [4.78, 5) is 10.7. The van der Waals surface area contributed by atoms with E-state index in [-0.39, 0.29) is 11.4 Å². The summed E-state index contributed by atoms with van der Waals surface area (Å²) >= 11 is 3.27. The van der Waals surface area contributed by atoms with Gasteiger partial charge in [-0.15, -0.1) is 0 Å². The van der Waals surface area contributed by atoms with E-state index in [1.165, 1.54) is 18.3 Å². The number of hydrogen-bond donors (Lipinski definition) is 1. The first kappa shape index (κ1) is 11.9. The van der Waals surface area contributed by atoms with E-state index < -0.39 is 5.97 Å². The number of carbonyl (C=O) groups is 1. The highest BCUT2D eigenvalue weighted by atomic mass is 79.9. The average Bonchev–Trinajstić information content (AvgIpc) is 2.72. The molecular weight excluding hydrogens is 289 g/mol. The molecule has 2 aromatic rings. The van der Waals surface area contributed by atoms with E-state index in [0.29, 0.717) is 12.1 Å². The van der Waals surface area contributed by atoms with E-state index in [1.54, 1.807) is 22.9 Å². The van der Waals surface area contributed by atoms with Crippen molar-refractivity contribution in [2.24, 2.45) is 0 Å². The van der Waals surface area contributed by atoms with Gasteiger partial charge in [-0.05, 0) is 24.3 Å². The van der Waals surface area contributed by atoms with E-state index in [2.05, 4.69) is 15.9 Å². The predicted molar refractivity (Wildman–Crippen MR) is 64.6 cm³/mol. The molecule has 0 unspecified atom stereocenters. The summed E-state index contributed by atoms with van der Waals surface area (Å²) in [6.45, 7) is 0.304. The van der Waals surface area contributed by atoms with Crippen LogP contribution in [0.3, 0.4) is 0 Å². The molecule has 0 atom stereocenters. The fourth-order valence-electron chi connectivity index (χ4n) is 1.53. The van der Waals surface area contributed by atoms with Crippen molar-refractivity contribution in [2.75, 3.05) is 0 Å². The molecule has 0 saturated heterocycles. The van der Waals surface area contributed by atoms with Gasteiger partial charge >= 0.3 is 5.97 Å². The largest absolute Gasteiger partial charge is 0.478 e. The molecule has 0 aliphatic rings. The van der Waals surface area contributed by atoms with Gasteiger partial charge in [0.15, 0.2) is 0 Å². The van der Waals surface area contributed by atoms with Crippen molar-refractivity contribution in [3.8, 4) is 0 Å². The summed E-state index contributed by atoms with van der Waals surface area (Å²) in [7, 11) is 0. The lowest BCUT2D eigenvalue weighted by Crippen LogP contribution is -2.00. The topological polar surface area (TPSA) is 42.2 Å². The third-order valence-electron chi connectivity index (χ3n) is 2.36. The minimum Gasteiger partial charge on any atom is -0.478 e. The summed E-state index contributed by atoms with van der Waals surface area (Å²) in [5, 5.41) is 8.77. The molecule has 0 saturated carbocycles. The van der Waals surface area contributed by atoms with Gasteiger partial charge in [-0.25, -0.2) is 9.18 Å². The molecule has 0 amide bonds. The van der Waals surface area contributed by atoms with Gasteiger partial charge in [0.1, 0.15) is 5.82 Å². The molecule has 88 valence electrons. The monoisotopic (exact) mass is 297 g/mol. The number of rotatable bonds is 3. The van der Waals surface area contributed by atoms with E-state index in [4.69, 9.17) is 5.11 Å². The molecule has 17 heavy (non-hydrogen) atoms. The molecule has 0 aliphatic carbocycles. The highest BCUT2D eigenvalue weighted by Crippen LogP contribution is 2.17. The van der Waals surface area contributed by atoms with Crippen molar-refractivity contribution in [3.63, 3.8) is 0 Å². The standard InChI is InChI=1S/C12H9BrFNO2/c13-10-1-2-11(14)9(5-10)7-15-4-3-8(6-15)12(16)17/h1-6H,7H2,(H,16,17). The molecule has 1 N–H and O–H groups in total. The van der Waals surface area contributed by atoms with Crippen LogP contribution in [0.4, 0.5) is 4.39 Å². The van der Waals surface area contributed by atoms with Gasteiger partial charge in [-0.2, -0.15) is 0 Å². The maximum atomic E-state index is 13.5. The van der Waals surface area contributed by atoms with Crippen LogP contribution in [0.15, 0.2) is 41.1 Å². The smallest absolute Gasteiger partial charge is 0.337 e. The van der Waals surface area contributed by atoms with Crippen LogP contribution in [0.5, 0.6) is 0 Å². The first-order valence-corrected chi connectivity index (χ1v) is 5.68. The second-order valence-corrected chi connectivity index (χ2v) is 4.53. The Kier molecular flexibility index (Phi) is 3.28. The zero-order valence-electron chi connectivity index (χ0n) is 8.73. The highest BCUT2D eigenvalue weighted by Gasteiger charge is 2.07. The Morgan fingerprint density at radius 2 is 2.18 bits per heavy atom. The number of halogens is 2. The summed E-state index contributed by atoms with van der Waals surface area (Å²) in [5.74, 6) is -1.29. The molecule has 1 aromatic heterocycles. The molecule has 0 spiro atoms. The van der Waals surface area contributed by atoms with Crippen molar-refractivity contribution >= 4 is 21.9 Å². The SMILES string of the molecule is O=C(O)c1ccn(Cc2cc(Br)ccc2F)c1. The maximum Gasteiger partial charge on any atom is 0.337 e. The Hall–Kier alpha value is -1.62. The molecule has 2 rings (SSSR count). The highest BCUT2D eigenvalue weighted by molar-refractivity contribution is 9.10. The van der Waals surface area contributed by atoms with Crippen molar-refractivity contribution in [1.29, 1.82) is 0 Å². The zero-order chi connectivity index (χ0) is 12.4. The van der Waals surface area contributed by atoms with Crippen LogP contribution in [0.2, 0.25) is 0 Å². The third-order valence-corrected chi connectivity index (χ3v) is 2.85. The van der Waals surface area contributed by atoms with Gasteiger partial charge in [0.2, 0.25) is 0 Å². The molecular formula is C12H9BrFNO2. The Balaban J connectivity index is 2.25. The fourth-order valence-corrected chi connectivity index (χ4v) is 1.94. The summed E-state index contributed by atoms with van der Waals surface area (Å²) in [6.07, 6.45) is 3.09. The van der Waals surface area contributed by atoms with Crippen molar-refractivity contribution in [3.05, 3.63) is 58.1 Å². The van der Waals surface area contributed by atoms with E-state index in [0.717, 1.165) is 4.47 Å². The summed E-state index contributed by atoms with van der Waals surface area (Å²) in [5.41, 5.74) is 0.701. The van der Waals surface area contributed by atoms with Crippen LogP contribution < -0.4 is 0 Å². The number of hydrogen-bond acceptors (Lipinski definition) is 1. The number of benzene rings is 1. The van der Waals surface area contributed by atoms with Gasteiger partial charge in [0.25, 0.3) is 0 Å². The Bertz CT molecular complexity index is 565. The fraction of sp³-hybridized carbons (Fsp3) is 0.0833. The predicted octanol–water partition coefficient (Wildman–Crippen LogP) is 3.14. The quantitative estimate of drug-likeness (QED) is 0.946. The minimum atomic E-state index is -0.988. The van der Waals surface area contributed by atoms with Crippen molar-refractivity contribution in [1.82, 2.24) is 4.57 Å². The number of aromatic carboxylic acids is 1. The van der Waals surface area contributed by atoms with E-state index in [1.807, 2.05) is 0 Å².